The average molecular weight is 450 g/mol. The van der Waals surface area contributed by atoms with Gasteiger partial charge < -0.3 is 19.2 Å². The second-order valence-corrected chi connectivity index (χ2v) is 7.30. The Morgan fingerprint density at radius 2 is 1.75 bits per heavy atom. The molecule has 162 valence electrons. The lowest BCUT2D eigenvalue weighted by atomic mass is 10.1. The molecule has 32 heavy (non-hydrogen) atoms. The van der Waals surface area contributed by atoms with Crippen molar-refractivity contribution in [2.75, 3.05) is 18.5 Å². The minimum atomic E-state index is -0.443. The molecule has 1 heterocycles. The number of carbonyl (C=O) groups excluding carboxylic acids is 1. The third kappa shape index (κ3) is 4.60. The molecule has 0 aliphatic heterocycles. The molecule has 0 radical (unpaired) electrons. The number of para-hydroxylation sites is 2. The minimum Gasteiger partial charge on any atom is -0.492 e. The monoisotopic (exact) mass is 449 g/mol. The molecule has 0 saturated carbocycles. The molecule has 0 spiro atoms. The second kappa shape index (κ2) is 9.58. The van der Waals surface area contributed by atoms with Gasteiger partial charge in [-0.25, -0.2) is 0 Å². The zero-order chi connectivity index (χ0) is 22.5. The Morgan fingerprint density at radius 3 is 2.53 bits per heavy atom. The number of hydrogen-bond donors (Lipinski definition) is 1. The maximum atomic E-state index is 13.2. The van der Waals surface area contributed by atoms with Gasteiger partial charge in [-0.05, 0) is 37.3 Å². The van der Waals surface area contributed by atoms with Crippen LogP contribution in [0.2, 0.25) is 5.02 Å². The highest BCUT2D eigenvalue weighted by Gasteiger charge is 2.19. The van der Waals surface area contributed by atoms with E-state index in [4.69, 9.17) is 25.5 Å². The number of fused-ring (bicyclic) bond motifs is 1. The van der Waals surface area contributed by atoms with Crippen LogP contribution in [0.5, 0.6) is 11.5 Å². The van der Waals surface area contributed by atoms with E-state index >= 15 is 0 Å². The highest BCUT2D eigenvalue weighted by atomic mass is 35.5. The first-order chi connectivity index (χ1) is 15.6. The summed E-state index contributed by atoms with van der Waals surface area (Å²) in [7, 11) is 0. The van der Waals surface area contributed by atoms with E-state index in [1.165, 1.54) is 6.07 Å². The Balaban J connectivity index is 1.65. The van der Waals surface area contributed by atoms with Crippen LogP contribution in [-0.4, -0.2) is 19.1 Å². The van der Waals surface area contributed by atoms with Gasteiger partial charge in [-0.1, -0.05) is 54.1 Å². The molecule has 0 aliphatic rings. The highest BCUT2D eigenvalue weighted by Crippen LogP contribution is 2.31. The molecule has 1 N–H and O–H groups in total. The summed E-state index contributed by atoms with van der Waals surface area (Å²) >= 11 is 6.06. The van der Waals surface area contributed by atoms with Crippen molar-refractivity contribution in [3.63, 3.8) is 0 Å². The summed E-state index contributed by atoms with van der Waals surface area (Å²) in [5.74, 6) is 0.294. The predicted octanol–water partition coefficient (Wildman–Crippen LogP) is 5.53. The Morgan fingerprint density at radius 1 is 1.00 bits per heavy atom. The van der Waals surface area contributed by atoms with Gasteiger partial charge >= 0.3 is 0 Å². The Bertz CT molecular complexity index is 1320. The maximum absolute atomic E-state index is 13.2. The number of carbonyl (C=O) groups is 1. The fraction of sp³-hybridized carbons (Fsp3) is 0.120. The first-order valence-corrected chi connectivity index (χ1v) is 10.4. The van der Waals surface area contributed by atoms with Crippen LogP contribution in [0.4, 0.5) is 5.69 Å². The topological polar surface area (TPSA) is 77.8 Å². The molecular formula is C25H20ClNO5. The SMILES string of the molecule is CCOc1ccccc1NC(=O)COc1c(-c2ccccc2)oc2ccc(Cl)cc2c1=O. The molecule has 4 aromatic rings. The number of amides is 1. The fourth-order valence-corrected chi connectivity index (χ4v) is 3.41. The van der Waals surface area contributed by atoms with Crippen molar-refractivity contribution in [3.05, 3.63) is 88.0 Å². The summed E-state index contributed by atoms with van der Waals surface area (Å²) in [6.07, 6.45) is 0. The van der Waals surface area contributed by atoms with E-state index in [1.54, 1.807) is 42.5 Å². The van der Waals surface area contributed by atoms with E-state index in [1.807, 2.05) is 31.2 Å². The van der Waals surface area contributed by atoms with Crippen LogP contribution >= 0.6 is 11.6 Å². The molecule has 0 unspecified atom stereocenters. The number of rotatable bonds is 7. The predicted molar refractivity (Wildman–Crippen MR) is 125 cm³/mol. The van der Waals surface area contributed by atoms with E-state index in [0.717, 1.165) is 0 Å². The summed E-state index contributed by atoms with van der Waals surface area (Å²) < 4.78 is 17.2. The zero-order valence-corrected chi connectivity index (χ0v) is 18.0. The molecule has 1 amide bonds. The third-order valence-corrected chi connectivity index (χ3v) is 4.89. The van der Waals surface area contributed by atoms with Crippen LogP contribution in [0.3, 0.4) is 0 Å². The Labute approximate surface area is 189 Å². The van der Waals surface area contributed by atoms with Crippen LogP contribution in [0.15, 0.2) is 82.0 Å². The van der Waals surface area contributed by atoms with Gasteiger partial charge in [-0.2, -0.15) is 0 Å². The standard InChI is InChI=1S/C25H20ClNO5/c1-2-30-21-11-7-6-10-19(21)27-22(28)15-31-25-23(29)18-14-17(26)12-13-20(18)32-24(25)16-8-4-3-5-9-16/h3-14H,2,15H2,1H3,(H,27,28). The molecule has 4 rings (SSSR count). The largest absolute Gasteiger partial charge is 0.492 e. The summed E-state index contributed by atoms with van der Waals surface area (Å²) in [4.78, 5) is 25.8. The Hall–Kier alpha value is -3.77. The van der Waals surface area contributed by atoms with E-state index in [2.05, 4.69) is 5.32 Å². The second-order valence-electron chi connectivity index (χ2n) is 6.86. The van der Waals surface area contributed by atoms with Crippen molar-refractivity contribution in [2.24, 2.45) is 0 Å². The third-order valence-electron chi connectivity index (χ3n) is 4.66. The molecule has 0 atom stereocenters. The molecule has 6 nitrogen and oxygen atoms in total. The molecule has 7 heteroatoms. The quantitative estimate of drug-likeness (QED) is 0.401. The summed E-state index contributed by atoms with van der Waals surface area (Å²) in [6, 6.07) is 21.0. The minimum absolute atomic E-state index is 0.0563. The normalized spacial score (nSPS) is 10.7. The average Bonchev–Trinajstić information content (AvgIpc) is 2.81. The number of anilines is 1. The van der Waals surface area contributed by atoms with E-state index < -0.39 is 17.9 Å². The summed E-state index contributed by atoms with van der Waals surface area (Å²) in [5.41, 5.74) is 1.14. The van der Waals surface area contributed by atoms with E-state index in [0.29, 0.717) is 34.2 Å². The molecule has 0 fully saturated rings. The van der Waals surface area contributed by atoms with Gasteiger partial charge in [-0.3, -0.25) is 9.59 Å². The highest BCUT2D eigenvalue weighted by molar-refractivity contribution is 6.31. The van der Waals surface area contributed by atoms with E-state index in [9.17, 15) is 9.59 Å². The van der Waals surface area contributed by atoms with Crippen molar-refractivity contribution >= 4 is 34.2 Å². The number of nitrogens with one attached hydrogen (secondary N) is 1. The molecular weight excluding hydrogens is 430 g/mol. The number of benzene rings is 3. The van der Waals surface area contributed by atoms with Crippen LogP contribution < -0.4 is 20.2 Å². The fourth-order valence-electron chi connectivity index (χ4n) is 3.24. The van der Waals surface area contributed by atoms with Crippen LogP contribution in [0, 0.1) is 0 Å². The summed E-state index contributed by atoms with van der Waals surface area (Å²) in [5, 5.41) is 3.42. The number of halogens is 1. The lowest BCUT2D eigenvalue weighted by molar-refractivity contribution is -0.118. The Kier molecular flexibility index (Phi) is 6.42. The van der Waals surface area contributed by atoms with Gasteiger partial charge in [0.25, 0.3) is 5.91 Å². The summed E-state index contributed by atoms with van der Waals surface area (Å²) in [6.45, 7) is 1.93. The molecule has 0 saturated heterocycles. The first-order valence-electron chi connectivity index (χ1n) is 10.0. The van der Waals surface area contributed by atoms with Gasteiger partial charge in [0, 0.05) is 10.6 Å². The van der Waals surface area contributed by atoms with Gasteiger partial charge in [-0.15, -0.1) is 0 Å². The van der Waals surface area contributed by atoms with Crippen molar-refractivity contribution in [2.45, 2.75) is 6.92 Å². The molecule has 1 aromatic heterocycles. The van der Waals surface area contributed by atoms with Crippen LogP contribution in [0.25, 0.3) is 22.3 Å². The molecule has 3 aromatic carbocycles. The first kappa shape index (κ1) is 21.5. The van der Waals surface area contributed by atoms with Gasteiger partial charge in [0.2, 0.25) is 11.2 Å². The van der Waals surface area contributed by atoms with Crippen LogP contribution in [0.1, 0.15) is 6.92 Å². The lowest BCUT2D eigenvalue weighted by Gasteiger charge is -2.13. The molecule has 0 aliphatic carbocycles. The van der Waals surface area contributed by atoms with Crippen molar-refractivity contribution in [3.8, 4) is 22.8 Å². The van der Waals surface area contributed by atoms with Crippen molar-refractivity contribution in [1.29, 1.82) is 0 Å². The molecule has 0 bridgehead atoms. The number of ether oxygens (including phenoxy) is 2. The maximum Gasteiger partial charge on any atom is 0.262 e. The van der Waals surface area contributed by atoms with Gasteiger partial charge in [0.1, 0.15) is 11.3 Å². The van der Waals surface area contributed by atoms with E-state index in [-0.39, 0.29) is 16.9 Å². The van der Waals surface area contributed by atoms with Crippen molar-refractivity contribution in [1.82, 2.24) is 0 Å². The van der Waals surface area contributed by atoms with Gasteiger partial charge in [0.05, 0.1) is 17.7 Å². The van der Waals surface area contributed by atoms with Crippen molar-refractivity contribution < 1.29 is 18.7 Å². The van der Waals surface area contributed by atoms with Crippen LogP contribution in [-0.2, 0) is 4.79 Å². The zero-order valence-electron chi connectivity index (χ0n) is 17.3. The van der Waals surface area contributed by atoms with Gasteiger partial charge in [0.15, 0.2) is 12.4 Å². The smallest absolute Gasteiger partial charge is 0.262 e. The number of hydrogen-bond acceptors (Lipinski definition) is 5. The lowest BCUT2D eigenvalue weighted by Crippen LogP contribution is -2.23.